The van der Waals surface area contributed by atoms with Crippen LogP contribution in [0.25, 0.3) is 0 Å². The van der Waals surface area contributed by atoms with E-state index in [9.17, 15) is 22.4 Å². The third-order valence-electron chi connectivity index (χ3n) is 4.58. The van der Waals surface area contributed by atoms with Gasteiger partial charge in [0.1, 0.15) is 5.82 Å². The highest BCUT2D eigenvalue weighted by Gasteiger charge is 2.32. The molecule has 0 radical (unpaired) electrons. The van der Waals surface area contributed by atoms with Gasteiger partial charge in [0.15, 0.2) is 0 Å². The van der Waals surface area contributed by atoms with Crippen LogP contribution in [0.2, 0.25) is 0 Å². The molecule has 3 rings (SSSR count). The molecule has 0 spiro atoms. The Morgan fingerprint density at radius 3 is 2.48 bits per heavy atom. The number of alkyl halides is 3. The third-order valence-corrected chi connectivity index (χ3v) is 4.58. The Kier molecular flexibility index (Phi) is 5.79. The fourth-order valence-electron chi connectivity index (χ4n) is 3.20. The molecule has 7 heteroatoms. The summed E-state index contributed by atoms with van der Waals surface area (Å²) in [6.45, 7) is 2.78. The highest BCUT2D eigenvalue weighted by molar-refractivity contribution is 6.04. The predicted octanol–water partition coefficient (Wildman–Crippen LogP) is 5.08. The molecular formula is C20H20F4N2O. The molecule has 1 aliphatic rings. The molecule has 0 aliphatic carbocycles. The van der Waals surface area contributed by atoms with Crippen LogP contribution >= 0.6 is 0 Å². The Morgan fingerprint density at radius 2 is 1.78 bits per heavy atom. The Labute approximate surface area is 155 Å². The van der Waals surface area contributed by atoms with Gasteiger partial charge < -0.3 is 5.32 Å². The van der Waals surface area contributed by atoms with Crippen molar-refractivity contribution < 1.29 is 22.4 Å². The van der Waals surface area contributed by atoms with E-state index >= 15 is 0 Å². The number of likely N-dealkylation sites (tertiary alicyclic amines) is 1. The number of hydrogen-bond donors (Lipinski definition) is 1. The van der Waals surface area contributed by atoms with E-state index < -0.39 is 29.0 Å². The van der Waals surface area contributed by atoms with Crippen LogP contribution in [0.4, 0.5) is 23.2 Å². The van der Waals surface area contributed by atoms with E-state index in [1.54, 1.807) is 18.2 Å². The highest BCUT2D eigenvalue weighted by Crippen LogP contribution is 2.30. The van der Waals surface area contributed by atoms with Crippen molar-refractivity contribution in [1.29, 1.82) is 0 Å². The zero-order valence-corrected chi connectivity index (χ0v) is 14.7. The molecule has 0 unspecified atom stereocenters. The van der Waals surface area contributed by atoms with Crippen molar-refractivity contribution in [2.24, 2.45) is 0 Å². The van der Waals surface area contributed by atoms with Gasteiger partial charge in [-0.3, -0.25) is 9.69 Å². The van der Waals surface area contributed by atoms with Gasteiger partial charge in [0.25, 0.3) is 5.91 Å². The quantitative estimate of drug-likeness (QED) is 0.750. The second kappa shape index (κ2) is 8.08. The Morgan fingerprint density at radius 1 is 1.04 bits per heavy atom. The first-order valence-electron chi connectivity index (χ1n) is 8.82. The maximum atomic E-state index is 13.9. The summed E-state index contributed by atoms with van der Waals surface area (Å²) in [7, 11) is 0. The van der Waals surface area contributed by atoms with Crippen molar-refractivity contribution in [2.75, 3.05) is 18.4 Å². The molecule has 1 fully saturated rings. The summed E-state index contributed by atoms with van der Waals surface area (Å²) in [6, 6.07) is 8.88. The first-order chi connectivity index (χ1) is 12.8. The molecule has 2 aromatic rings. The SMILES string of the molecule is O=C(Nc1cccc(CN2CCCCC2)c1)c1cc(C(F)(F)F)ccc1F. The Balaban J connectivity index is 1.73. The fourth-order valence-corrected chi connectivity index (χ4v) is 3.20. The number of carbonyl (C=O) groups is 1. The second-order valence-electron chi connectivity index (χ2n) is 6.68. The number of anilines is 1. The topological polar surface area (TPSA) is 32.3 Å². The van der Waals surface area contributed by atoms with E-state index in [2.05, 4.69) is 10.2 Å². The number of halogens is 4. The number of benzene rings is 2. The summed E-state index contributed by atoms with van der Waals surface area (Å²) in [6.07, 6.45) is -1.09. The number of nitrogens with one attached hydrogen (secondary N) is 1. The molecule has 0 bridgehead atoms. The van der Waals surface area contributed by atoms with E-state index in [-0.39, 0.29) is 0 Å². The zero-order valence-electron chi connectivity index (χ0n) is 14.7. The van der Waals surface area contributed by atoms with Crippen LogP contribution < -0.4 is 5.32 Å². The zero-order chi connectivity index (χ0) is 19.4. The van der Waals surface area contributed by atoms with Crippen molar-refractivity contribution in [3.63, 3.8) is 0 Å². The molecule has 144 valence electrons. The monoisotopic (exact) mass is 380 g/mol. The molecule has 1 aliphatic heterocycles. The van der Waals surface area contributed by atoms with E-state index in [4.69, 9.17) is 0 Å². The summed E-state index contributed by atoms with van der Waals surface area (Å²) in [5.41, 5.74) is -0.287. The lowest BCUT2D eigenvalue weighted by atomic mass is 10.1. The number of carbonyl (C=O) groups excluding carboxylic acids is 1. The summed E-state index contributed by atoms with van der Waals surface area (Å²) in [5.74, 6) is -1.90. The average Bonchev–Trinajstić information content (AvgIpc) is 2.62. The van der Waals surface area contributed by atoms with Gasteiger partial charge in [-0.1, -0.05) is 18.6 Å². The Bertz CT molecular complexity index is 814. The number of nitrogens with zero attached hydrogens (tertiary/aromatic N) is 1. The third kappa shape index (κ3) is 5.07. The average molecular weight is 380 g/mol. The molecule has 3 nitrogen and oxygen atoms in total. The molecule has 27 heavy (non-hydrogen) atoms. The molecule has 2 aromatic carbocycles. The lowest BCUT2D eigenvalue weighted by Crippen LogP contribution is -2.29. The fraction of sp³-hybridized carbons (Fsp3) is 0.350. The van der Waals surface area contributed by atoms with E-state index in [1.165, 1.54) is 6.42 Å². The van der Waals surface area contributed by atoms with Crippen LogP contribution in [0.5, 0.6) is 0 Å². The van der Waals surface area contributed by atoms with Crippen molar-refractivity contribution >= 4 is 11.6 Å². The van der Waals surface area contributed by atoms with Crippen LogP contribution in [-0.4, -0.2) is 23.9 Å². The van der Waals surface area contributed by atoms with Crippen molar-refractivity contribution in [1.82, 2.24) is 4.90 Å². The summed E-state index contributed by atoms with van der Waals surface area (Å²) < 4.78 is 52.3. The Hall–Kier alpha value is -2.41. The summed E-state index contributed by atoms with van der Waals surface area (Å²) in [5, 5.41) is 2.49. The number of hydrogen-bond acceptors (Lipinski definition) is 2. The van der Waals surface area contributed by atoms with Gasteiger partial charge in [-0.25, -0.2) is 4.39 Å². The molecule has 1 saturated heterocycles. The number of rotatable bonds is 4. The highest BCUT2D eigenvalue weighted by atomic mass is 19.4. The maximum Gasteiger partial charge on any atom is 0.416 e. The standard InChI is InChI=1S/C20H20F4N2O/c21-18-8-7-15(20(22,23)24)12-17(18)19(27)25-16-6-4-5-14(11-16)13-26-9-2-1-3-10-26/h4-8,11-12H,1-3,9-10,13H2,(H,25,27). The molecule has 1 amide bonds. The van der Waals surface area contributed by atoms with Gasteiger partial charge in [0.2, 0.25) is 0 Å². The minimum absolute atomic E-state index is 0.423. The van der Waals surface area contributed by atoms with Crippen molar-refractivity contribution in [3.8, 4) is 0 Å². The molecule has 1 heterocycles. The summed E-state index contributed by atoms with van der Waals surface area (Å²) >= 11 is 0. The predicted molar refractivity (Wildman–Crippen MR) is 94.9 cm³/mol. The number of amides is 1. The smallest absolute Gasteiger partial charge is 0.322 e. The molecule has 0 aromatic heterocycles. The second-order valence-corrected chi connectivity index (χ2v) is 6.68. The molecule has 0 atom stereocenters. The van der Waals surface area contributed by atoms with Crippen LogP contribution in [-0.2, 0) is 12.7 Å². The van der Waals surface area contributed by atoms with Gasteiger partial charge in [0.05, 0.1) is 11.1 Å². The largest absolute Gasteiger partial charge is 0.416 e. The van der Waals surface area contributed by atoms with Crippen LogP contribution in [0.3, 0.4) is 0 Å². The summed E-state index contributed by atoms with van der Waals surface area (Å²) in [4.78, 5) is 14.6. The minimum Gasteiger partial charge on any atom is -0.322 e. The van der Waals surface area contributed by atoms with Crippen LogP contribution in [0.1, 0.15) is 40.7 Å². The van der Waals surface area contributed by atoms with Gasteiger partial charge in [0, 0.05) is 12.2 Å². The van der Waals surface area contributed by atoms with E-state index in [0.29, 0.717) is 23.9 Å². The van der Waals surface area contributed by atoms with E-state index in [0.717, 1.165) is 38.0 Å². The molecular weight excluding hydrogens is 360 g/mol. The van der Waals surface area contributed by atoms with Crippen molar-refractivity contribution in [3.05, 3.63) is 65.0 Å². The first kappa shape index (κ1) is 19.4. The number of piperidine rings is 1. The van der Waals surface area contributed by atoms with Crippen molar-refractivity contribution in [2.45, 2.75) is 32.0 Å². The minimum atomic E-state index is -4.64. The first-order valence-corrected chi connectivity index (χ1v) is 8.82. The van der Waals surface area contributed by atoms with Gasteiger partial charge in [-0.2, -0.15) is 13.2 Å². The molecule has 1 N–H and O–H groups in total. The van der Waals surface area contributed by atoms with Gasteiger partial charge >= 0.3 is 6.18 Å². The van der Waals surface area contributed by atoms with E-state index in [1.807, 2.05) is 6.07 Å². The van der Waals surface area contributed by atoms with Gasteiger partial charge in [-0.05, 0) is 61.8 Å². The van der Waals surface area contributed by atoms with Gasteiger partial charge in [-0.15, -0.1) is 0 Å². The van der Waals surface area contributed by atoms with Crippen LogP contribution in [0.15, 0.2) is 42.5 Å². The lowest BCUT2D eigenvalue weighted by molar-refractivity contribution is -0.137. The normalized spacial score (nSPS) is 15.6. The maximum absolute atomic E-state index is 13.9. The molecule has 0 saturated carbocycles. The lowest BCUT2D eigenvalue weighted by Gasteiger charge is -2.26. The van der Waals surface area contributed by atoms with Crippen LogP contribution in [0, 0.1) is 5.82 Å².